The number of Topliss-reactive ketones (excluding diaryl/α,β-unsaturated/α-hetero) is 1. The van der Waals surface area contributed by atoms with E-state index in [-0.39, 0.29) is 30.4 Å². The third kappa shape index (κ3) is 3.99. The summed E-state index contributed by atoms with van der Waals surface area (Å²) in [7, 11) is -2.60. The maximum absolute atomic E-state index is 13.9. The molecule has 5 atom stereocenters. The lowest BCUT2D eigenvalue weighted by Crippen LogP contribution is -2.53. The third-order valence-electron chi connectivity index (χ3n) is 9.06. The summed E-state index contributed by atoms with van der Waals surface area (Å²) in [5.74, 6) is -3.81. The highest BCUT2D eigenvalue weighted by molar-refractivity contribution is 7.94. The lowest BCUT2D eigenvalue weighted by Gasteiger charge is -2.43. The molecule has 6 rings (SSSR count). The van der Waals surface area contributed by atoms with E-state index in [1.165, 1.54) is 22.6 Å². The normalized spacial score (nSPS) is 25.4. The average Bonchev–Trinajstić information content (AvgIpc) is 3.45. The highest BCUT2D eigenvalue weighted by Crippen LogP contribution is 2.56. The number of carbonyl (C=O) groups is 2. The van der Waals surface area contributed by atoms with E-state index < -0.39 is 40.0 Å². The molecular weight excluding hydrogens is 548 g/mol. The summed E-state index contributed by atoms with van der Waals surface area (Å²) in [4.78, 5) is 25.3. The van der Waals surface area contributed by atoms with E-state index in [4.69, 9.17) is 0 Å². The van der Waals surface area contributed by atoms with Crippen molar-refractivity contribution in [3.05, 3.63) is 65.8 Å². The SMILES string of the molecule is C[C@@H](O)[C@H]1C(=O)C2C(C(=O)O)=C(CN3c4cccc5c(C[n+]6ccn(CCO)c6)ccc(c45)N(C)S3(=O)=O)[C@H](C)[C@@H]21. The zero-order valence-electron chi connectivity index (χ0n) is 23.0. The lowest BCUT2D eigenvalue weighted by molar-refractivity contribution is -0.687. The van der Waals surface area contributed by atoms with Gasteiger partial charge in [-0.2, -0.15) is 8.42 Å². The van der Waals surface area contributed by atoms with Crippen LogP contribution in [-0.2, 0) is 32.9 Å². The molecule has 1 aliphatic heterocycles. The molecular formula is C29H33N4O7S+. The quantitative estimate of drug-likeness (QED) is 0.340. The van der Waals surface area contributed by atoms with Crippen LogP contribution in [0.5, 0.6) is 0 Å². The number of imidazole rings is 1. The molecule has 1 unspecified atom stereocenters. The number of nitrogens with zero attached hydrogens (tertiary/aromatic N) is 4. The Morgan fingerprint density at radius 3 is 2.61 bits per heavy atom. The minimum atomic E-state index is -4.08. The number of hydrogen-bond acceptors (Lipinski definition) is 6. The van der Waals surface area contributed by atoms with Crippen molar-refractivity contribution in [2.75, 3.05) is 28.8 Å². The molecule has 216 valence electrons. The fourth-order valence-electron chi connectivity index (χ4n) is 7.08. The molecule has 2 aromatic carbocycles. The van der Waals surface area contributed by atoms with Gasteiger partial charge in [0.15, 0.2) is 0 Å². The van der Waals surface area contributed by atoms with Crippen molar-refractivity contribution in [3.63, 3.8) is 0 Å². The Morgan fingerprint density at radius 1 is 1.17 bits per heavy atom. The van der Waals surface area contributed by atoms with Crippen LogP contribution < -0.4 is 13.2 Å². The first-order chi connectivity index (χ1) is 19.5. The van der Waals surface area contributed by atoms with Gasteiger partial charge in [-0.3, -0.25) is 9.10 Å². The van der Waals surface area contributed by atoms with Gasteiger partial charge in [-0.05, 0) is 41.9 Å². The van der Waals surface area contributed by atoms with Gasteiger partial charge in [-0.15, -0.1) is 0 Å². The second-order valence-electron chi connectivity index (χ2n) is 11.2. The van der Waals surface area contributed by atoms with Crippen molar-refractivity contribution in [2.24, 2.45) is 23.7 Å². The predicted octanol–water partition coefficient (Wildman–Crippen LogP) is 1.31. The Labute approximate surface area is 237 Å². The smallest absolute Gasteiger partial charge is 0.332 e. The molecule has 41 heavy (non-hydrogen) atoms. The van der Waals surface area contributed by atoms with Gasteiger partial charge >= 0.3 is 16.2 Å². The summed E-state index contributed by atoms with van der Waals surface area (Å²) < 4.78 is 34.1. The topological polar surface area (TPSA) is 144 Å². The first kappa shape index (κ1) is 27.4. The molecule has 3 N–H and O–H groups in total. The minimum absolute atomic E-state index is 0.0281. The van der Waals surface area contributed by atoms with Crippen molar-refractivity contribution in [1.29, 1.82) is 0 Å². The van der Waals surface area contributed by atoms with Crippen LogP contribution in [0.25, 0.3) is 10.8 Å². The van der Waals surface area contributed by atoms with Crippen LogP contribution in [0, 0.1) is 23.7 Å². The summed E-state index contributed by atoms with van der Waals surface area (Å²) in [5.41, 5.74) is 2.29. The summed E-state index contributed by atoms with van der Waals surface area (Å²) in [5, 5.41) is 31.2. The molecule has 0 bridgehead atoms. The van der Waals surface area contributed by atoms with Crippen molar-refractivity contribution in [3.8, 4) is 0 Å². The maximum Gasteiger partial charge on any atom is 0.332 e. The highest BCUT2D eigenvalue weighted by Gasteiger charge is 2.61. The van der Waals surface area contributed by atoms with Gasteiger partial charge in [0.05, 0.1) is 36.5 Å². The number of ketones is 1. The Balaban J connectivity index is 1.44. The molecule has 2 heterocycles. The lowest BCUT2D eigenvalue weighted by atomic mass is 9.59. The average molecular weight is 582 g/mol. The van der Waals surface area contributed by atoms with E-state index in [9.17, 15) is 33.3 Å². The minimum Gasteiger partial charge on any atom is -0.478 e. The first-order valence-electron chi connectivity index (χ1n) is 13.6. The number of aliphatic carboxylic acids is 1. The molecule has 1 saturated carbocycles. The fraction of sp³-hybridized carbons (Fsp3) is 0.414. The number of carbonyl (C=O) groups excluding carboxylic acids is 1. The summed E-state index contributed by atoms with van der Waals surface area (Å²) >= 11 is 0. The summed E-state index contributed by atoms with van der Waals surface area (Å²) in [6, 6.07) is 9.15. The van der Waals surface area contributed by atoms with Crippen LogP contribution >= 0.6 is 0 Å². The highest BCUT2D eigenvalue weighted by atomic mass is 32.2. The number of rotatable bonds is 8. The molecule has 0 amide bonds. The van der Waals surface area contributed by atoms with Gasteiger partial charge in [-0.25, -0.2) is 18.2 Å². The second kappa shape index (κ2) is 9.68. The monoisotopic (exact) mass is 581 g/mol. The number of hydrogen-bond donors (Lipinski definition) is 3. The van der Waals surface area contributed by atoms with Crippen molar-refractivity contribution in [2.45, 2.75) is 33.0 Å². The number of anilines is 2. The van der Waals surface area contributed by atoms with Crippen LogP contribution in [0.2, 0.25) is 0 Å². The Kier molecular flexibility index (Phi) is 6.47. The van der Waals surface area contributed by atoms with Gasteiger partial charge in [-0.1, -0.05) is 25.1 Å². The fourth-order valence-corrected chi connectivity index (χ4v) is 8.48. The van der Waals surface area contributed by atoms with Gasteiger partial charge in [0.1, 0.15) is 31.3 Å². The molecule has 1 aromatic heterocycles. The number of carboxylic acid groups (broad SMARTS) is 1. The Hall–Kier alpha value is -3.74. The Bertz CT molecular complexity index is 1730. The van der Waals surface area contributed by atoms with Crippen LogP contribution in [0.4, 0.5) is 11.4 Å². The van der Waals surface area contributed by atoms with Crippen molar-refractivity contribution < 1.29 is 37.9 Å². The third-order valence-corrected chi connectivity index (χ3v) is 10.8. The number of benzene rings is 2. The molecule has 3 aliphatic rings. The molecule has 0 radical (unpaired) electrons. The molecule has 0 spiro atoms. The van der Waals surface area contributed by atoms with E-state index in [0.717, 1.165) is 16.3 Å². The first-order valence-corrected chi connectivity index (χ1v) is 15.0. The van der Waals surface area contributed by atoms with E-state index >= 15 is 0 Å². The number of aliphatic hydroxyl groups is 2. The van der Waals surface area contributed by atoms with E-state index in [1.54, 1.807) is 18.2 Å². The van der Waals surface area contributed by atoms with Gasteiger partial charge in [0.2, 0.25) is 6.33 Å². The number of aromatic nitrogens is 2. The van der Waals surface area contributed by atoms with Gasteiger partial charge in [0, 0.05) is 29.5 Å². The summed E-state index contributed by atoms with van der Waals surface area (Å²) in [6.45, 7) is 4.17. The maximum atomic E-state index is 13.9. The molecule has 11 nitrogen and oxygen atoms in total. The van der Waals surface area contributed by atoms with Crippen LogP contribution in [0.15, 0.2) is 60.2 Å². The van der Waals surface area contributed by atoms with Crippen molar-refractivity contribution >= 4 is 44.1 Å². The van der Waals surface area contributed by atoms with E-state index in [2.05, 4.69) is 0 Å². The predicted molar refractivity (Wildman–Crippen MR) is 150 cm³/mol. The van der Waals surface area contributed by atoms with Crippen LogP contribution in [-0.4, -0.2) is 66.4 Å². The van der Waals surface area contributed by atoms with Gasteiger partial charge in [0.25, 0.3) is 0 Å². The van der Waals surface area contributed by atoms with Crippen molar-refractivity contribution in [1.82, 2.24) is 4.57 Å². The molecule has 1 fully saturated rings. The zero-order chi connectivity index (χ0) is 29.4. The zero-order valence-corrected chi connectivity index (χ0v) is 23.8. The molecule has 12 heteroatoms. The molecule has 3 aromatic rings. The number of aliphatic hydroxyl groups excluding tert-OH is 2. The molecule has 0 saturated heterocycles. The van der Waals surface area contributed by atoms with E-state index in [1.807, 2.05) is 46.9 Å². The van der Waals surface area contributed by atoms with Crippen LogP contribution in [0.3, 0.4) is 0 Å². The molecule has 2 aliphatic carbocycles. The Morgan fingerprint density at radius 2 is 1.93 bits per heavy atom. The van der Waals surface area contributed by atoms with E-state index in [0.29, 0.717) is 30.0 Å². The second-order valence-corrected chi connectivity index (χ2v) is 13.1. The number of fused-ring (bicyclic) bond motifs is 1. The van der Waals surface area contributed by atoms with Crippen LogP contribution in [0.1, 0.15) is 19.4 Å². The number of carboxylic acids is 1. The summed E-state index contributed by atoms with van der Waals surface area (Å²) in [6.07, 6.45) is 4.76. The largest absolute Gasteiger partial charge is 0.478 e. The van der Waals surface area contributed by atoms with Gasteiger partial charge < -0.3 is 15.3 Å². The standard InChI is InChI=1S/C29H32N4O7S/c1-16-20(26(29(37)38)27-23(16)24(17(2)35)28(27)36)14-33-22-6-4-5-19-18(13-32-10-9-31(15-32)11-12-34)7-8-21(25(19)22)30(3)41(33,39)40/h4-10,15-17,23-24,27,34-35H,11-14H2,1-3H3/p+1/t16-,17+,23+,24+,27?/m0/s1.